The van der Waals surface area contributed by atoms with Gasteiger partial charge in [-0.25, -0.2) is 4.98 Å². The Morgan fingerprint density at radius 2 is 1.69 bits per heavy atom. The van der Waals surface area contributed by atoms with Crippen LogP contribution in [-0.4, -0.2) is 23.9 Å². The molecule has 0 spiro atoms. The zero-order chi connectivity index (χ0) is 20.2. The van der Waals surface area contributed by atoms with Gasteiger partial charge in [-0.2, -0.15) is 0 Å². The van der Waals surface area contributed by atoms with Crippen molar-refractivity contribution in [3.63, 3.8) is 0 Å². The van der Waals surface area contributed by atoms with Gasteiger partial charge in [0.25, 0.3) is 11.8 Å². The van der Waals surface area contributed by atoms with Crippen molar-refractivity contribution in [2.75, 3.05) is 17.7 Å². The summed E-state index contributed by atoms with van der Waals surface area (Å²) in [6.45, 7) is 0. The maximum Gasteiger partial charge on any atom is 0.274 e. The minimum atomic E-state index is -0.329. The Hall–Kier alpha value is -3.71. The van der Waals surface area contributed by atoms with Crippen molar-refractivity contribution in [3.05, 3.63) is 82.7 Å². The van der Waals surface area contributed by atoms with E-state index in [0.29, 0.717) is 27.5 Å². The Bertz CT molecular complexity index is 1190. The lowest BCUT2D eigenvalue weighted by Crippen LogP contribution is -2.14. The van der Waals surface area contributed by atoms with Crippen molar-refractivity contribution in [2.45, 2.75) is 0 Å². The van der Waals surface area contributed by atoms with Crippen molar-refractivity contribution in [1.29, 1.82) is 0 Å². The highest BCUT2D eigenvalue weighted by Gasteiger charge is 2.11. The first kappa shape index (κ1) is 18.6. The number of methoxy groups -OCH3 is 1. The molecule has 29 heavy (non-hydrogen) atoms. The lowest BCUT2D eigenvalue weighted by molar-refractivity contribution is 0.101. The monoisotopic (exact) mass is 403 g/mol. The molecule has 2 amide bonds. The second-order valence-corrected chi connectivity index (χ2v) is 7.17. The Morgan fingerprint density at radius 3 is 2.41 bits per heavy atom. The molecule has 0 bridgehead atoms. The molecular formula is C22H17N3O3S. The number of amides is 2. The molecule has 7 heteroatoms. The average Bonchev–Trinajstić information content (AvgIpc) is 3.28. The Labute approximate surface area is 171 Å². The van der Waals surface area contributed by atoms with Gasteiger partial charge >= 0.3 is 0 Å². The van der Waals surface area contributed by atoms with E-state index >= 15 is 0 Å². The normalized spacial score (nSPS) is 10.5. The molecule has 2 N–H and O–H groups in total. The van der Waals surface area contributed by atoms with E-state index in [0.717, 1.165) is 11.1 Å². The number of anilines is 2. The SMILES string of the molecule is COc1ccc2nc(C(=O)Nc3cccc(NC(=O)c4cccs4)c3)ccc2c1. The number of rotatable bonds is 5. The fourth-order valence-electron chi connectivity index (χ4n) is 2.83. The van der Waals surface area contributed by atoms with Crippen molar-refractivity contribution in [3.8, 4) is 5.75 Å². The summed E-state index contributed by atoms with van der Waals surface area (Å²) in [5, 5.41) is 8.38. The average molecular weight is 403 g/mol. The van der Waals surface area contributed by atoms with Gasteiger partial charge in [0.15, 0.2) is 0 Å². The van der Waals surface area contributed by atoms with Crippen LogP contribution in [0.4, 0.5) is 11.4 Å². The Balaban J connectivity index is 1.49. The second-order valence-electron chi connectivity index (χ2n) is 6.22. The first-order chi connectivity index (χ1) is 14.1. The number of hydrogen-bond donors (Lipinski definition) is 2. The van der Waals surface area contributed by atoms with Crippen molar-refractivity contribution < 1.29 is 14.3 Å². The maximum absolute atomic E-state index is 12.6. The van der Waals surface area contributed by atoms with Gasteiger partial charge in [0.1, 0.15) is 11.4 Å². The Kier molecular flexibility index (Phi) is 5.22. The van der Waals surface area contributed by atoms with E-state index in [9.17, 15) is 9.59 Å². The molecule has 144 valence electrons. The van der Waals surface area contributed by atoms with E-state index < -0.39 is 0 Å². The van der Waals surface area contributed by atoms with Gasteiger partial charge in [0.2, 0.25) is 0 Å². The third kappa shape index (κ3) is 4.25. The number of thiophene rings is 1. The summed E-state index contributed by atoms with van der Waals surface area (Å²) in [5.41, 5.74) is 2.17. The summed E-state index contributed by atoms with van der Waals surface area (Å²) in [6, 6.07) is 19.5. The van der Waals surface area contributed by atoms with Crippen LogP contribution in [0.15, 0.2) is 72.1 Å². The number of fused-ring (bicyclic) bond motifs is 1. The maximum atomic E-state index is 12.6. The van der Waals surface area contributed by atoms with Crippen LogP contribution in [0.1, 0.15) is 20.2 Å². The summed E-state index contributed by atoms with van der Waals surface area (Å²) in [4.78, 5) is 29.8. The molecule has 4 aromatic rings. The van der Waals surface area contributed by atoms with E-state index in [1.54, 1.807) is 49.6 Å². The third-order valence-corrected chi connectivity index (χ3v) is 5.12. The number of nitrogens with one attached hydrogen (secondary N) is 2. The fraction of sp³-hybridized carbons (Fsp3) is 0.0455. The molecule has 0 aliphatic rings. The van der Waals surface area contributed by atoms with Crippen LogP contribution in [0, 0.1) is 0 Å². The molecule has 0 aliphatic heterocycles. The molecule has 2 aromatic heterocycles. The van der Waals surface area contributed by atoms with Crippen LogP contribution in [0.25, 0.3) is 10.9 Å². The molecule has 6 nitrogen and oxygen atoms in total. The molecule has 0 atom stereocenters. The molecule has 0 aliphatic carbocycles. The summed E-state index contributed by atoms with van der Waals surface area (Å²) in [6.07, 6.45) is 0. The standard InChI is InChI=1S/C22H17N3O3S/c1-28-17-8-10-18-14(12-17)7-9-19(25-18)21(26)23-15-4-2-5-16(13-15)24-22(27)20-6-3-11-29-20/h2-13H,1H3,(H,23,26)(H,24,27). The minimum absolute atomic E-state index is 0.185. The minimum Gasteiger partial charge on any atom is -0.497 e. The summed E-state index contributed by atoms with van der Waals surface area (Å²) in [5.74, 6) is 0.220. The highest BCUT2D eigenvalue weighted by molar-refractivity contribution is 7.12. The van der Waals surface area contributed by atoms with Gasteiger partial charge in [0.05, 0.1) is 17.5 Å². The molecule has 4 rings (SSSR count). The van der Waals surface area contributed by atoms with E-state index in [1.165, 1.54) is 11.3 Å². The third-order valence-electron chi connectivity index (χ3n) is 4.25. The fourth-order valence-corrected chi connectivity index (χ4v) is 3.45. The van der Waals surface area contributed by atoms with Crippen molar-refractivity contribution in [2.24, 2.45) is 0 Å². The van der Waals surface area contributed by atoms with Gasteiger partial charge in [-0.15, -0.1) is 11.3 Å². The van der Waals surface area contributed by atoms with E-state index in [1.807, 2.05) is 29.6 Å². The molecule has 0 radical (unpaired) electrons. The number of nitrogens with zero attached hydrogens (tertiary/aromatic N) is 1. The number of carbonyl (C=O) groups is 2. The van der Waals surface area contributed by atoms with E-state index in [4.69, 9.17) is 4.74 Å². The van der Waals surface area contributed by atoms with Crippen molar-refractivity contribution >= 4 is 45.4 Å². The molecule has 0 fully saturated rings. The van der Waals surface area contributed by atoms with Gasteiger partial charge in [0, 0.05) is 16.8 Å². The van der Waals surface area contributed by atoms with Crippen LogP contribution in [0.3, 0.4) is 0 Å². The molecule has 2 aromatic carbocycles. The predicted molar refractivity (Wildman–Crippen MR) is 115 cm³/mol. The van der Waals surface area contributed by atoms with E-state index in [-0.39, 0.29) is 11.8 Å². The quantitative estimate of drug-likeness (QED) is 0.501. The van der Waals surface area contributed by atoms with Crippen LogP contribution >= 0.6 is 11.3 Å². The smallest absolute Gasteiger partial charge is 0.274 e. The van der Waals surface area contributed by atoms with Gasteiger partial charge in [-0.05, 0) is 53.9 Å². The van der Waals surface area contributed by atoms with Crippen LogP contribution in [0.2, 0.25) is 0 Å². The van der Waals surface area contributed by atoms with Crippen LogP contribution in [-0.2, 0) is 0 Å². The zero-order valence-electron chi connectivity index (χ0n) is 15.5. The van der Waals surface area contributed by atoms with Crippen LogP contribution < -0.4 is 15.4 Å². The summed E-state index contributed by atoms with van der Waals surface area (Å²) >= 11 is 1.37. The van der Waals surface area contributed by atoms with Gasteiger partial charge in [-0.1, -0.05) is 18.2 Å². The number of pyridine rings is 1. The molecule has 0 saturated carbocycles. The number of benzene rings is 2. The van der Waals surface area contributed by atoms with E-state index in [2.05, 4.69) is 15.6 Å². The molecule has 0 saturated heterocycles. The lowest BCUT2D eigenvalue weighted by atomic mass is 10.2. The number of hydrogen-bond acceptors (Lipinski definition) is 5. The summed E-state index contributed by atoms with van der Waals surface area (Å²) in [7, 11) is 1.60. The highest BCUT2D eigenvalue weighted by Crippen LogP contribution is 2.21. The van der Waals surface area contributed by atoms with Crippen molar-refractivity contribution in [1.82, 2.24) is 4.98 Å². The number of ether oxygens (including phenoxy) is 1. The van der Waals surface area contributed by atoms with Crippen LogP contribution in [0.5, 0.6) is 5.75 Å². The number of carbonyl (C=O) groups excluding carboxylic acids is 2. The topological polar surface area (TPSA) is 80.3 Å². The zero-order valence-corrected chi connectivity index (χ0v) is 16.3. The molecule has 0 unspecified atom stereocenters. The lowest BCUT2D eigenvalue weighted by Gasteiger charge is -2.09. The van der Waals surface area contributed by atoms with Gasteiger partial charge < -0.3 is 15.4 Å². The number of aromatic nitrogens is 1. The van der Waals surface area contributed by atoms with Gasteiger partial charge in [-0.3, -0.25) is 9.59 Å². The first-order valence-electron chi connectivity index (χ1n) is 8.83. The first-order valence-corrected chi connectivity index (χ1v) is 9.71. The summed E-state index contributed by atoms with van der Waals surface area (Å²) < 4.78 is 5.20. The largest absolute Gasteiger partial charge is 0.497 e. The molecule has 2 heterocycles. The Morgan fingerprint density at radius 1 is 0.897 bits per heavy atom. The second kappa shape index (κ2) is 8.12. The predicted octanol–water partition coefficient (Wildman–Crippen LogP) is 4.81. The molecular weight excluding hydrogens is 386 g/mol. The highest BCUT2D eigenvalue weighted by atomic mass is 32.1.